The molecule has 2 aromatic rings. The topological polar surface area (TPSA) is 85.9 Å². The number of carbonyl (C=O) groups excluding carboxylic acids is 2. The maximum Gasteiger partial charge on any atom is 0.265 e. The van der Waals surface area contributed by atoms with Gasteiger partial charge in [0.05, 0.1) is 5.69 Å². The Morgan fingerprint density at radius 3 is 2.74 bits per heavy atom. The third-order valence-electron chi connectivity index (χ3n) is 4.44. The van der Waals surface area contributed by atoms with Crippen LogP contribution in [0.4, 0.5) is 11.4 Å². The monoisotopic (exact) mass is 368 g/mol. The average Bonchev–Trinajstić information content (AvgIpc) is 2.67. The van der Waals surface area contributed by atoms with Crippen molar-refractivity contribution < 1.29 is 23.8 Å². The van der Waals surface area contributed by atoms with Crippen LogP contribution in [-0.4, -0.2) is 31.1 Å². The van der Waals surface area contributed by atoms with Crippen LogP contribution in [0.3, 0.4) is 0 Å². The smallest absolute Gasteiger partial charge is 0.265 e. The maximum atomic E-state index is 12.3. The lowest BCUT2D eigenvalue weighted by molar-refractivity contribution is -0.122. The van der Waals surface area contributed by atoms with E-state index in [2.05, 4.69) is 10.6 Å². The predicted molar refractivity (Wildman–Crippen MR) is 99.5 cm³/mol. The van der Waals surface area contributed by atoms with Gasteiger partial charge in [0, 0.05) is 12.1 Å². The second-order valence-electron chi connectivity index (χ2n) is 6.49. The highest BCUT2D eigenvalue weighted by Gasteiger charge is 2.23. The van der Waals surface area contributed by atoms with Gasteiger partial charge >= 0.3 is 0 Å². The molecule has 0 aliphatic carbocycles. The zero-order valence-electron chi connectivity index (χ0n) is 14.9. The first kappa shape index (κ1) is 17.2. The number of fused-ring (bicyclic) bond motifs is 2. The molecular weight excluding hydrogens is 348 g/mol. The highest BCUT2D eigenvalue weighted by molar-refractivity contribution is 5.99. The highest BCUT2D eigenvalue weighted by atomic mass is 16.6. The van der Waals surface area contributed by atoms with Crippen LogP contribution in [0.1, 0.15) is 18.9 Å². The SMILES string of the molecule is C[C@@H]1Oc2ccc(NC(=O)CCc3ccc4c(c3)OCCO4)cc2NC1=O. The molecule has 2 N–H and O–H groups in total. The van der Waals surface area contributed by atoms with Crippen LogP contribution in [0.15, 0.2) is 36.4 Å². The largest absolute Gasteiger partial charge is 0.486 e. The molecule has 0 saturated carbocycles. The van der Waals surface area contributed by atoms with Crippen LogP contribution in [0, 0.1) is 0 Å². The second kappa shape index (κ2) is 7.19. The van der Waals surface area contributed by atoms with Gasteiger partial charge in [0.25, 0.3) is 5.91 Å². The molecule has 0 bridgehead atoms. The number of rotatable bonds is 4. The molecule has 2 heterocycles. The molecule has 0 aromatic heterocycles. The molecule has 0 saturated heterocycles. The first-order valence-electron chi connectivity index (χ1n) is 8.88. The van der Waals surface area contributed by atoms with Crippen LogP contribution < -0.4 is 24.8 Å². The molecule has 2 aromatic carbocycles. The summed E-state index contributed by atoms with van der Waals surface area (Å²) in [7, 11) is 0. The summed E-state index contributed by atoms with van der Waals surface area (Å²) in [6.45, 7) is 2.78. The Kier molecular flexibility index (Phi) is 4.58. The predicted octanol–water partition coefficient (Wildman–Crippen LogP) is 2.75. The van der Waals surface area contributed by atoms with Gasteiger partial charge in [-0.1, -0.05) is 6.07 Å². The Labute approximate surface area is 156 Å². The van der Waals surface area contributed by atoms with Crippen molar-refractivity contribution in [2.24, 2.45) is 0 Å². The van der Waals surface area contributed by atoms with Gasteiger partial charge in [-0.05, 0) is 49.2 Å². The summed E-state index contributed by atoms with van der Waals surface area (Å²) in [6.07, 6.45) is 0.394. The van der Waals surface area contributed by atoms with E-state index in [-0.39, 0.29) is 11.8 Å². The zero-order chi connectivity index (χ0) is 18.8. The van der Waals surface area contributed by atoms with E-state index in [1.807, 2.05) is 18.2 Å². The van der Waals surface area contributed by atoms with E-state index < -0.39 is 6.10 Å². The molecule has 7 heteroatoms. The zero-order valence-corrected chi connectivity index (χ0v) is 14.9. The number of aryl methyl sites for hydroxylation is 1. The molecule has 0 spiro atoms. The van der Waals surface area contributed by atoms with Crippen molar-refractivity contribution in [1.82, 2.24) is 0 Å². The molecular formula is C20H20N2O5. The molecule has 140 valence electrons. The fourth-order valence-electron chi connectivity index (χ4n) is 3.01. The first-order valence-corrected chi connectivity index (χ1v) is 8.88. The minimum Gasteiger partial charge on any atom is -0.486 e. The van der Waals surface area contributed by atoms with Gasteiger partial charge in [0.2, 0.25) is 5.91 Å². The summed E-state index contributed by atoms with van der Waals surface area (Å²) >= 11 is 0. The molecule has 0 radical (unpaired) electrons. The number of anilines is 2. The summed E-state index contributed by atoms with van der Waals surface area (Å²) in [5.41, 5.74) is 2.18. The quantitative estimate of drug-likeness (QED) is 0.867. The number of carbonyl (C=O) groups is 2. The highest BCUT2D eigenvalue weighted by Crippen LogP contribution is 2.33. The van der Waals surface area contributed by atoms with Gasteiger partial charge in [-0.3, -0.25) is 9.59 Å². The standard InChI is InChI=1S/C20H20N2O5/c1-12-20(24)22-15-11-14(4-6-16(15)27-12)21-19(23)7-3-13-2-5-17-18(10-13)26-9-8-25-17/h2,4-6,10-12H,3,7-9H2,1H3,(H,21,23)(H,22,24)/t12-/m0/s1. The van der Waals surface area contributed by atoms with E-state index in [1.165, 1.54) is 0 Å². The Balaban J connectivity index is 1.36. The number of hydrogen-bond acceptors (Lipinski definition) is 5. The fraction of sp³-hybridized carbons (Fsp3) is 0.300. The summed E-state index contributed by atoms with van der Waals surface area (Å²) in [6, 6.07) is 10.9. The van der Waals surface area contributed by atoms with E-state index in [0.29, 0.717) is 43.2 Å². The number of hydrogen-bond donors (Lipinski definition) is 2. The van der Waals surface area contributed by atoms with Crippen molar-refractivity contribution in [3.8, 4) is 17.2 Å². The molecule has 27 heavy (non-hydrogen) atoms. The normalized spacial score (nSPS) is 17.4. The van der Waals surface area contributed by atoms with E-state index in [9.17, 15) is 9.59 Å². The van der Waals surface area contributed by atoms with Gasteiger partial charge in [0.15, 0.2) is 17.6 Å². The molecule has 7 nitrogen and oxygen atoms in total. The Hall–Kier alpha value is -3.22. The van der Waals surface area contributed by atoms with Crippen molar-refractivity contribution in [1.29, 1.82) is 0 Å². The van der Waals surface area contributed by atoms with Crippen molar-refractivity contribution >= 4 is 23.2 Å². The summed E-state index contributed by atoms with van der Waals surface area (Å²) in [5, 5.41) is 5.62. The third kappa shape index (κ3) is 3.81. The van der Waals surface area contributed by atoms with Crippen molar-refractivity contribution in [2.75, 3.05) is 23.8 Å². The minimum atomic E-state index is -0.524. The molecule has 2 amide bonds. The fourth-order valence-corrected chi connectivity index (χ4v) is 3.01. The number of amides is 2. The molecule has 4 rings (SSSR count). The number of nitrogens with one attached hydrogen (secondary N) is 2. The van der Waals surface area contributed by atoms with Crippen LogP contribution in [0.2, 0.25) is 0 Å². The molecule has 0 fully saturated rings. The van der Waals surface area contributed by atoms with Crippen molar-refractivity contribution in [2.45, 2.75) is 25.9 Å². The van der Waals surface area contributed by atoms with Crippen molar-refractivity contribution in [3.63, 3.8) is 0 Å². The van der Waals surface area contributed by atoms with Gasteiger partial charge < -0.3 is 24.8 Å². The molecule has 1 atom stereocenters. The van der Waals surface area contributed by atoms with Gasteiger partial charge in [-0.2, -0.15) is 0 Å². The number of ether oxygens (including phenoxy) is 3. The van der Waals surface area contributed by atoms with Gasteiger partial charge in [0.1, 0.15) is 19.0 Å². The van der Waals surface area contributed by atoms with Crippen LogP contribution in [-0.2, 0) is 16.0 Å². The van der Waals surface area contributed by atoms with Crippen LogP contribution >= 0.6 is 0 Å². The second-order valence-corrected chi connectivity index (χ2v) is 6.49. The van der Waals surface area contributed by atoms with E-state index >= 15 is 0 Å². The maximum absolute atomic E-state index is 12.3. The Bertz CT molecular complexity index is 896. The van der Waals surface area contributed by atoms with Gasteiger partial charge in [-0.15, -0.1) is 0 Å². The lowest BCUT2D eigenvalue weighted by atomic mass is 10.1. The van der Waals surface area contributed by atoms with E-state index in [0.717, 1.165) is 17.1 Å². The van der Waals surface area contributed by atoms with E-state index in [4.69, 9.17) is 14.2 Å². The van der Waals surface area contributed by atoms with Gasteiger partial charge in [-0.25, -0.2) is 0 Å². The molecule has 0 unspecified atom stereocenters. The summed E-state index contributed by atoms with van der Waals surface area (Å²) < 4.78 is 16.6. The van der Waals surface area contributed by atoms with Crippen LogP contribution in [0.5, 0.6) is 17.2 Å². The van der Waals surface area contributed by atoms with E-state index in [1.54, 1.807) is 25.1 Å². The number of benzene rings is 2. The molecule has 2 aliphatic rings. The minimum absolute atomic E-state index is 0.110. The Morgan fingerprint density at radius 2 is 1.89 bits per heavy atom. The first-order chi connectivity index (χ1) is 13.1. The summed E-state index contributed by atoms with van der Waals surface area (Å²) in [5.74, 6) is 1.74. The molecule has 2 aliphatic heterocycles. The third-order valence-corrected chi connectivity index (χ3v) is 4.44. The average molecular weight is 368 g/mol. The lowest BCUT2D eigenvalue weighted by Crippen LogP contribution is -2.34. The lowest BCUT2D eigenvalue weighted by Gasteiger charge is -2.23. The summed E-state index contributed by atoms with van der Waals surface area (Å²) in [4.78, 5) is 24.0. The van der Waals surface area contributed by atoms with Crippen molar-refractivity contribution in [3.05, 3.63) is 42.0 Å². The Morgan fingerprint density at radius 1 is 1.11 bits per heavy atom. The van der Waals surface area contributed by atoms with Crippen LogP contribution in [0.25, 0.3) is 0 Å².